The molecule has 0 saturated heterocycles. The summed E-state index contributed by atoms with van der Waals surface area (Å²) in [6.07, 6.45) is -1.38. The first-order valence-electron chi connectivity index (χ1n) is 7.29. The molecule has 0 saturated carbocycles. The molecule has 0 atom stereocenters. The highest BCUT2D eigenvalue weighted by atomic mass is 32.2. The van der Waals surface area contributed by atoms with Gasteiger partial charge in [-0.3, -0.25) is 4.79 Å². The standard InChI is InChI=1S/C16H13F3N4O2S/c1-25-11-4-3-8(7-9(11)16(17,18)19)21-13-12-10(5-6-20-14(12)24)22-15(23-13)26-2/h3-7H,1-2H3,(H,20,24)(H,21,22,23). The minimum absolute atomic E-state index is 0.119. The maximum Gasteiger partial charge on any atom is 0.420 e. The van der Waals surface area contributed by atoms with E-state index in [0.29, 0.717) is 10.7 Å². The predicted molar refractivity (Wildman–Crippen MR) is 93.2 cm³/mol. The summed E-state index contributed by atoms with van der Waals surface area (Å²) < 4.78 is 44.4. The smallest absolute Gasteiger partial charge is 0.420 e. The van der Waals surface area contributed by atoms with Gasteiger partial charge in [-0.2, -0.15) is 13.2 Å². The fourth-order valence-electron chi connectivity index (χ4n) is 2.40. The first-order valence-corrected chi connectivity index (χ1v) is 8.51. The zero-order valence-corrected chi connectivity index (χ0v) is 14.5. The predicted octanol–water partition coefficient (Wildman–Crippen LogP) is 3.81. The molecule has 26 heavy (non-hydrogen) atoms. The number of anilines is 2. The Bertz CT molecular complexity index is 1020. The summed E-state index contributed by atoms with van der Waals surface area (Å²) in [6.45, 7) is 0. The molecule has 136 valence electrons. The van der Waals surface area contributed by atoms with Crippen LogP contribution < -0.4 is 15.6 Å². The number of thioether (sulfide) groups is 1. The first kappa shape index (κ1) is 18.1. The monoisotopic (exact) mass is 382 g/mol. The van der Waals surface area contributed by atoms with Gasteiger partial charge in [-0.1, -0.05) is 11.8 Å². The maximum absolute atomic E-state index is 13.2. The van der Waals surface area contributed by atoms with E-state index in [1.807, 2.05) is 0 Å². The maximum atomic E-state index is 13.2. The Labute approximate surface area is 149 Å². The van der Waals surface area contributed by atoms with Gasteiger partial charge in [-0.25, -0.2) is 9.97 Å². The first-order chi connectivity index (χ1) is 12.3. The molecule has 0 aliphatic heterocycles. The van der Waals surface area contributed by atoms with Crippen LogP contribution in [0.25, 0.3) is 10.9 Å². The number of fused-ring (bicyclic) bond motifs is 1. The van der Waals surface area contributed by atoms with Crippen LogP contribution in [0.1, 0.15) is 5.56 Å². The molecule has 2 heterocycles. The lowest BCUT2D eigenvalue weighted by atomic mass is 10.1. The lowest BCUT2D eigenvalue weighted by molar-refractivity contribution is -0.138. The van der Waals surface area contributed by atoms with Crippen LogP contribution in [0.4, 0.5) is 24.7 Å². The Morgan fingerprint density at radius 2 is 2.00 bits per heavy atom. The molecule has 0 fully saturated rings. The summed E-state index contributed by atoms with van der Waals surface area (Å²) in [5.74, 6) is -0.169. The van der Waals surface area contributed by atoms with E-state index in [-0.39, 0.29) is 22.6 Å². The number of ether oxygens (including phenoxy) is 1. The molecular formula is C16H13F3N4O2S. The molecule has 6 nitrogen and oxygen atoms in total. The number of methoxy groups -OCH3 is 1. The Hall–Kier alpha value is -2.75. The van der Waals surface area contributed by atoms with E-state index < -0.39 is 17.3 Å². The van der Waals surface area contributed by atoms with Crippen molar-refractivity contribution in [2.45, 2.75) is 11.3 Å². The van der Waals surface area contributed by atoms with E-state index in [4.69, 9.17) is 4.74 Å². The average molecular weight is 382 g/mol. The van der Waals surface area contributed by atoms with Crippen molar-refractivity contribution in [1.29, 1.82) is 0 Å². The minimum Gasteiger partial charge on any atom is -0.496 e. The van der Waals surface area contributed by atoms with Gasteiger partial charge in [-0.15, -0.1) is 0 Å². The van der Waals surface area contributed by atoms with E-state index >= 15 is 0 Å². The molecule has 0 aliphatic carbocycles. The highest BCUT2D eigenvalue weighted by molar-refractivity contribution is 7.98. The molecule has 0 unspecified atom stereocenters. The van der Waals surface area contributed by atoms with E-state index in [2.05, 4.69) is 20.3 Å². The molecular weight excluding hydrogens is 369 g/mol. The summed E-state index contributed by atoms with van der Waals surface area (Å²) in [5.41, 5.74) is -0.863. The van der Waals surface area contributed by atoms with E-state index in [1.165, 1.54) is 37.2 Å². The van der Waals surface area contributed by atoms with Gasteiger partial charge in [0.2, 0.25) is 0 Å². The molecule has 0 amide bonds. The number of alkyl halides is 3. The summed E-state index contributed by atoms with van der Waals surface area (Å²) in [6, 6.07) is 5.12. The summed E-state index contributed by atoms with van der Waals surface area (Å²) in [7, 11) is 1.17. The fraction of sp³-hybridized carbons (Fsp3) is 0.188. The second kappa shape index (κ2) is 6.87. The molecule has 0 bridgehead atoms. The molecule has 1 aromatic carbocycles. The van der Waals surface area contributed by atoms with Gasteiger partial charge in [0, 0.05) is 11.9 Å². The number of aromatic amines is 1. The lowest BCUT2D eigenvalue weighted by Gasteiger charge is -2.15. The highest BCUT2D eigenvalue weighted by Gasteiger charge is 2.34. The highest BCUT2D eigenvalue weighted by Crippen LogP contribution is 2.38. The molecule has 10 heteroatoms. The van der Waals surface area contributed by atoms with Crippen molar-refractivity contribution >= 4 is 34.2 Å². The summed E-state index contributed by atoms with van der Waals surface area (Å²) >= 11 is 1.25. The van der Waals surface area contributed by atoms with E-state index in [1.54, 1.807) is 12.3 Å². The van der Waals surface area contributed by atoms with E-state index in [0.717, 1.165) is 6.07 Å². The normalized spacial score (nSPS) is 11.6. The van der Waals surface area contributed by atoms with Crippen molar-refractivity contribution in [1.82, 2.24) is 15.0 Å². The number of nitrogens with zero attached hydrogens (tertiary/aromatic N) is 2. The molecule has 3 rings (SSSR count). The number of hydrogen-bond acceptors (Lipinski definition) is 6. The third-order valence-corrected chi connectivity index (χ3v) is 4.10. The van der Waals surface area contributed by atoms with Crippen molar-refractivity contribution in [3.8, 4) is 5.75 Å². The Kier molecular flexibility index (Phi) is 4.77. The van der Waals surface area contributed by atoms with Crippen molar-refractivity contribution in [3.63, 3.8) is 0 Å². The van der Waals surface area contributed by atoms with Gasteiger partial charge < -0.3 is 15.0 Å². The molecule has 2 N–H and O–H groups in total. The summed E-state index contributed by atoms with van der Waals surface area (Å²) in [4.78, 5) is 23.1. The third-order valence-electron chi connectivity index (χ3n) is 3.55. The SMILES string of the molecule is COc1ccc(Nc2nc(SC)nc3cc[nH]c(=O)c23)cc1C(F)(F)F. The van der Waals surface area contributed by atoms with Gasteiger partial charge in [0.15, 0.2) is 5.16 Å². The number of hydrogen-bond donors (Lipinski definition) is 2. The quantitative estimate of drug-likeness (QED) is 0.528. The van der Waals surface area contributed by atoms with Crippen molar-refractivity contribution < 1.29 is 17.9 Å². The Balaban J connectivity index is 2.14. The van der Waals surface area contributed by atoms with Gasteiger partial charge in [0.05, 0.1) is 18.2 Å². The Morgan fingerprint density at radius 1 is 1.23 bits per heavy atom. The van der Waals surface area contributed by atoms with Crippen LogP contribution in [-0.2, 0) is 6.18 Å². The van der Waals surface area contributed by atoms with Crippen LogP contribution in [0.15, 0.2) is 40.4 Å². The van der Waals surface area contributed by atoms with Gasteiger partial charge in [0.25, 0.3) is 5.56 Å². The third kappa shape index (κ3) is 3.45. The minimum atomic E-state index is -4.58. The van der Waals surface area contributed by atoms with Crippen LogP contribution in [-0.4, -0.2) is 28.3 Å². The van der Waals surface area contributed by atoms with Gasteiger partial charge in [0.1, 0.15) is 17.0 Å². The Morgan fingerprint density at radius 3 is 2.65 bits per heavy atom. The molecule has 0 radical (unpaired) electrons. The number of pyridine rings is 1. The zero-order chi connectivity index (χ0) is 18.9. The van der Waals surface area contributed by atoms with Crippen LogP contribution in [0, 0.1) is 0 Å². The van der Waals surface area contributed by atoms with E-state index in [9.17, 15) is 18.0 Å². The van der Waals surface area contributed by atoms with Crippen LogP contribution >= 0.6 is 11.8 Å². The second-order valence-electron chi connectivity index (χ2n) is 5.16. The molecule has 0 spiro atoms. The average Bonchev–Trinajstić information content (AvgIpc) is 2.60. The summed E-state index contributed by atoms with van der Waals surface area (Å²) in [5, 5.41) is 3.33. The zero-order valence-electron chi connectivity index (χ0n) is 13.6. The van der Waals surface area contributed by atoms with Crippen molar-refractivity contribution in [3.05, 3.63) is 46.4 Å². The van der Waals surface area contributed by atoms with Crippen molar-refractivity contribution in [2.75, 3.05) is 18.7 Å². The largest absolute Gasteiger partial charge is 0.496 e. The van der Waals surface area contributed by atoms with Crippen LogP contribution in [0.5, 0.6) is 5.75 Å². The molecule has 0 aliphatic rings. The number of halogens is 3. The van der Waals surface area contributed by atoms with Crippen molar-refractivity contribution in [2.24, 2.45) is 0 Å². The van der Waals surface area contributed by atoms with Gasteiger partial charge >= 0.3 is 6.18 Å². The number of benzene rings is 1. The second-order valence-corrected chi connectivity index (χ2v) is 5.94. The van der Waals surface area contributed by atoms with Crippen LogP contribution in [0.2, 0.25) is 0 Å². The molecule has 3 aromatic rings. The topological polar surface area (TPSA) is 79.9 Å². The molecule has 2 aromatic heterocycles. The number of aromatic nitrogens is 3. The number of nitrogens with one attached hydrogen (secondary N) is 2. The lowest BCUT2D eigenvalue weighted by Crippen LogP contribution is -2.11. The van der Waals surface area contributed by atoms with Gasteiger partial charge in [-0.05, 0) is 30.5 Å². The fourth-order valence-corrected chi connectivity index (χ4v) is 2.77. The number of H-pyrrole nitrogens is 1. The van der Waals surface area contributed by atoms with Crippen LogP contribution in [0.3, 0.4) is 0 Å². The number of rotatable bonds is 4.